The van der Waals surface area contributed by atoms with E-state index in [-0.39, 0.29) is 11.3 Å². The number of aliphatic hydroxyl groups excluding tert-OH is 1. The van der Waals surface area contributed by atoms with Crippen LogP contribution in [0, 0.1) is 0 Å². The van der Waals surface area contributed by atoms with Gasteiger partial charge in [0.2, 0.25) is 0 Å². The van der Waals surface area contributed by atoms with Crippen molar-refractivity contribution in [2.45, 2.75) is 19.0 Å². The highest BCUT2D eigenvalue weighted by Gasteiger charge is 2.45. The number of carbonyl (C=O) groups is 2. The molecule has 0 saturated carbocycles. The Kier molecular flexibility index (Phi) is 6.28. The Hall–Kier alpha value is -3.58. The van der Waals surface area contributed by atoms with Crippen LogP contribution < -0.4 is 4.74 Å². The van der Waals surface area contributed by atoms with Gasteiger partial charge in [-0.25, -0.2) is 4.98 Å². The van der Waals surface area contributed by atoms with Gasteiger partial charge < -0.3 is 19.3 Å². The number of imidazole rings is 1. The van der Waals surface area contributed by atoms with E-state index in [0.717, 1.165) is 0 Å². The van der Waals surface area contributed by atoms with E-state index in [1.54, 1.807) is 68.2 Å². The molecule has 1 fully saturated rings. The van der Waals surface area contributed by atoms with Crippen molar-refractivity contribution in [2.75, 3.05) is 13.7 Å². The number of benzene rings is 2. The molecular formula is C24H22ClN3O4. The van der Waals surface area contributed by atoms with Crippen LogP contribution >= 0.6 is 11.6 Å². The lowest BCUT2D eigenvalue weighted by atomic mass is 9.95. The summed E-state index contributed by atoms with van der Waals surface area (Å²) in [7, 11) is 1.55. The minimum absolute atomic E-state index is 0.0603. The van der Waals surface area contributed by atoms with E-state index in [2.05, 4.69) is 4.98 Å². The summed E-state index contributed by atoms with van der Waals surface area (Å²) >= 11 is 6.05. The van der Waals surface area contributed by atoms with Gasteiger partial charge in [-0.3, -0.25) is 9.59 Å². The molecule has 2 heterocycles. The van der Waals surface area contributed by atoms with Crippen LogP contribution in [0.3, 0.4) is 0 Å². The summed E-state index contributed by atoms with van der Waals surface area (Å²) in [6, 6.07) is 12.9. The second-order valence-electron chi connectivity index (χ2n) is 7.43. The molecule has 0 bridgehead atoms. The average molecular weight is 452 g/mol. The molecule has 1 atom stereocenters. The maximum absolute atomic E-state index is 13.0. The van der Waals surface area contributed by atoms with Crippen LogP contribution in [0.4, 0.5) is 0 Å². The van der Waals surface area contributed by atoms with Gasteiger partial charge in [0.15, 0.2) is 0 Å². The number of amides is 1. The number of ether oxygens (including phenoxy) is 1. The zero-order valence-corrected chi connectivity index (χ0v) is 18.2. The summed E-state index contributed by atoms with van der Waals surface area (Å²) in [4.78, 5) is 31.5. The zero-order chi connectivity index (χ0) is 22.7. The summed E-state index contributed by atoms with van der Waals surface area (Å²) in [5, 5.41) is 11.6. The number of halogens is 1. The SMILES string of the molecule is COc1ccc(C(O)=C2C(=O)C(=O)N(CCCn3ccnc3)[C@H]2c2ccc(Cl)cc2)cc1. The van der Waals surface area contributed by atoms with Gasteiger partial charge in [0.05, 0.1) is 25.1 Å². The molecule has 1 saturated heterocycles. The molecule has 0 spiro atoms. The van der Waals surface area contributed by atoms with E-state index in [0.29, 0.717) is 41.4 Å². The zero-order valence-electron chi connectivity index (χ0n) is 17.4. The first kappa shape index (κ1) is 21.6. The van der Waals surface area contributed by atoms with Gasteiger partial charge in [0, 0.05) is 36.1 Å². The molecule has 1 aliphatic rings. The van der Waals surface area contributed by atoms with Crippen molar-refractivity contribution in [2.24, 2.45) is 0 Å². The number of methoxy groups -OCH3 is 1. The monoisotopic (exact) mass is 451 g/mol. The molecule has 8 heteroatoms. The number of aryl methyl sites for hydroxylation is 1. The van der Waals surface area contributed by atoms with Gasteiger partial charge in [-0.15, -0.1) is 0 Å². The fourth-order valence-electron chi connectivity index (χ4n) is 3.85. The molecule has 2 aromatic carbocycles. The molecule has 0 unspecified atom stereocenters. The second kappa shape index (κ2) is 9.28. The highest BCUT2D eigenvalue weighted by Crippen LogP contribution is 2.39. The van der Waals surface area contributed by atoms with Crippen LogP contribution in [0.1, 0.15) is 23.6 Å². The van der Waals surface area contributed by atoms with Gasteiger partial charge in [-0.2, -0.15) is 0 Å². The van der Waals surface area contributed by atoms with Crippen molar-refractivity contribution in [3.05, 3.63) is 89.0 Å². The number of nitrogens with zero attached hydrogens (tertiary/aromatic N) is 3. The summed E-state index contributed by atoms with van der Waals surface area (Å²) in [5.41, 5.74) is 1.19. The van der Waals surface area contributed by atoms with E-state index in [9.17, 15) is 14.7 Å². The molecule has 0 aliphatic carbocycles. The lowest BCUT2D eigenvalue weighted by molar-refractivity contribution is -0.139. The minimum atomic E-state index is -0.711. The smallest absolute Gasteiger partial charge is 0.295 e. The summed E-state index contributed by atoms with van der Waals surface area (Å²) < 4.78 is 7.07. The number of carbonyl (C=O) groups excluding carboxylic acids is 2. The van der Waals surface area contributed by atoms with Gasteiger partial charge in [-0.05, 0) is 48.4 Å². The van der Waals surface area contributed by atoms with Gasteiger partial charge in [0.1, 0.15) is 11.5 Å². The molecule has 3 aromatic rings. The summed E-state index contributed by atoms with van der Waals surface area (Å²) in [6.45, 7) is 0.990. The summed E-state index contributed by atoms with van der Waals surface area (Å²) in [5.74, 6) is -0.939. The molecular weight excluding hydrogens is 430 g/mol. The number of rotatable bonds is 7. The van der Waals surface area contributed by atoms with Crippen LogP contribution in [-0.4, -0.2) is 44.9 Å². The number of aliphatic hydroxyl groups is 1. The van der Waals surface area contributed by atoms with Gasteiger partial charge in [0.25, 0.3) is 11.7 Å². The third-order valence-electron chi connectivity index (χ3n) is 5.46. The quantitative estimate of drug-likeness (QED) is 0.332. The first-order valence-corrected chi connectivity index (χ1v) is 10.5. The highest BCUT2D eigenvalue weighted by atomic mass is 35.5. The minimum Gasteiger partial charge on any atom is -0.507 e. The third kappa shape index (κ3) is 4.24. The Morgan fingerprint density at radius 2 is 1.81 bits per heavy atom. The Bertz CT molecular complexity index is 1140. The number of aromatic nitrogens is 2. The van der Waals surface area contributed by atoms with E-state index in [1.807, 2.05) is 10.8 Å². The normalized spacial score (nSPS) is 17.7. The van der Waals surface area contributed by atoms with Crippen molar-refractivity contribution in [3.8, 4) is 5.75 Å². The molecule has 1 N–H and O–H groups in total. The van der Waals surface area contributed by atoms with Crippen molar-refractivity contribution in [1.82, 2.24) is 14.5 Å². The third-order valence-corrected chi connectivity index (χ3v) is 5.72. The van der Waals surface area contributed by atoms with Gasteiger partial charge in [-0.1, -0.05) is 23.7 Å². The average Bonchev–Trinajstić information content (AvgIpc) is 3.41. The number of Topliss-reactive ketones (excluding diaryl/α,β-unsaturated/α-hetero) is 1. The maximum Gasteiger partial charge on any atom is 0.295 e. The number of hydrogen-bond acceptors (Lipinski definition) is 5. The Labute approximate surface area is 190 Å². The van der Waals surface area contributed by atoms with Crippen molar-refractivity contribution < 1.29 is 19.4 Å². The molecule has 4 rings (SSSR count). The number of likely N-dealkylation sites (tertiary alicyclic amines) is 1. The van der Waals surface area contributed by atoms with Crippen LogP contribution in [0.15, 0.2) is 72.8 Å². The molecule has 0 radical (unpaired) electrons. The van der Waals surface area contributed by atoms with Crippen LogP contribution in [-0.2, 0) is 16.1 Å². The van der Waals surface area contributed by atoms with Gasteiger partial charge >= 0.3 is 0 Å². The predicted molar refractivity (Wildman–Crippen MR) is 120 cm³/mol. The number of hydrogen-bond donors (Lipinski definition) is 1. The van der Waals surface area contributed by atoms with Crippen LogP contribution in [0.5, 0.6) is 5.75 Å². The van der Waals surface area contributed by atoms with E-state index < -0.39 is 17.7 Å². The van der Waals surface area contributed by atoms with Crippen molar-refractivity contribution >= 4 is 29.1 Å². The van der Waals surface area contributed by atoms with E-state index in [1.165, 1.54) is 4.90 Å². The first-order chi connectivity index (χ1) is 15.5. The topological polar surface area (TPSA) is 84.7 Å². The molecule has 1 aromatic heterocycles. The Morgan fingerprint density at radius 1 is 1.09 bits per heavy atom. The molecule has 1 aliphatic heterocycles. The fraction of sp³-hybridized carbons (Fsp3) is 0.208. The highest BCUT2D eigenvalue weighted by molar-refractivity contribution is 6.46. The summed E-state index contributed by atoms with van der Waals surface area (Å²) in [6.07, 6.45) is 5.85. The molecule has 7 nitrogen and oxygen atoms in total. The molecule has 164 valence electrons. The first-order valence-electron chi connectivity index (χ1n) is 10.1. The number of ketones is 1. The Balaban J connectivity index is 1.71. The lowest BCUT2D eigenvalue weighted by Crippen LogP contribution is -2.31. The molecule has 1 amide bonds. The maximum atomic E-state index is 13.0. The fourth-order valence-corrected chi connectivity index (χ4v) is 3.98. The largest absolute Gasteiger partial charge is 0.507 e. The van der Waals surface area contributed by atoms with Crippen LogP contribution in [0.25, 0.3) is 5.76 Å². The van der Waals surface area contributed by atoms with E-state index >= 15 is 0 Å². The van der Waals surface area contributed by atoms with Crippen molar-refractivity contribution in [1.29, 1.82) is 0 Å². The van der Waals surface area contributed by atoms with Crippen molar-refractivity contribution in [3.63, 3.8) is 0 Å². The predicted octanol–water partition coefficient (Wildman–Crippen LogP) is 4.06. The van der Waals surface area contributed by atoms with E-state index in [4.69, 9.17) is 16.3 Å². The Morgan fingerprint density at radius 3 is 2.44 bits per heavy atom. The van der Waals surface area contributed by atoms with Crippen LogP contribution in [0.2, 0.25) is 5.02 Å². The standard InChI is InChI=1S/C24H22ClN3O4/c1-32-19-9-5-17(6-10-19)22(29)20-21(16-3-7-18(25)8-4-16)28(24(31)23(20)30)13-2-12-27-14-11-26-15-27/h3-11,14-15,21,29H,2,12-13H2,1H3/t21-/m0/s1. The second-order valence-corrected chi connectivity index (χ2v) is 7.86. The molecule has 32 heavy (non-hydrogen) atoms. The lowest BCUT2D eigenvalue weighted by Gasteiger charge is -2.25.